The fourth-order valence-corrected chi connectivity index (χ4v) is 4.71. The predicted molar refractivity (Wildman–Crippen MR) is 117 cm³/mol. The molecule has 2 fully saturated rings. The summed E-state index contributed by atoms with van der Waals surface area (Å²) in [7, 11) is 1.70. The van der Waals surface area contributed by atoms with Crippen LogP contribution in [0, 0.1) is 11.8 Å². The molecule has 2 saturated heterocycles. The van der Waals surface area contributed by atoms with E-state index in [9.17, 15) is 15.0 Å². The van der Waals surface area contributed by atoms with Crippen molar-refractivity contribution in [2.45, 2.75) is 115 Å². The number of rotatable bonds is 4. The lowest BCUT2D eigenvalue weighted by Crippen LogP contribution is -2.62. The first-order valence-corrected chi connectivity index (χ1v) is 12.0. The lowest BCUT2D eigenvalue weighted by molar-refractivity contribution is -0.287. The van der Waals surface area contributed by atoms with Gasteiger partial charge in [-0.1, -0.05) is 52.4 Å². The van der Waals surface area contributed by atoms with Crippen LogP contribution >= 0.6 is 0 Å². The molecular formula is C23H44N2O5. The van der Waals surface area contributed by atoms with E-state index >= 15 is 0 Å². The van der Waals surface area contributed by atoms with E-state index in [1.54, 1.807) is 14.0 Å². The molecule has 2 heterocycles. The lowest BCUT2D eigenvalue weighted by Gasteiger charge is -2.43. The normalized spacial score (nSPS) is 40.4. The van der Waals surface area contributed by atoms with Crippen molar-refractivity contribution < 1.29 is 24.5 Å². The third kappa shape index (κ3) is 7.16. The molecule has 2 rings (SSSR count). The minimum absolute atomic E-state index is 0.00587. The predicted octanol–water partition coefficient (Wildman–Crippen LogP) is 2.34. The highest BCUT2D eigenvalue weighted by Crippen LogP contribution is 2.27. The summed E-state index contributed by atoms with van der Waals surface area (Å²) in [4.78, 5) is 12.8. The average molecular weight is 429 g/mol. The minimum Gasteiger partial charge on any atom is -0.389 e. The van der Waals surface area contributed by atoms with E-state index in [2.05, 4.69) is 17.6 Å². The van der Waals surface area contributed by atoms with Crippen molar-refractivity contribution in [3.63, 3.8) is 0 Å². The molecule has 0 saturated carbocycles. The van der Waals surface area contributed by atoms with Crippen molar-refractivity contribution in [3.05, 3.63) is 0 Å². The summed E-state index contributed by atoms with van der Waals surface area (Å²) in [5.41, 5.74) is 0. The number of amides is 1. The first kappa shape index (κ1) is 25.5. The van der Waals surface area contributed by atoms with Crippen molar-refractivity contribution in [1.82, 2.24) is 10.6 Å². The number of aliphatic hydroxyl groups excluding tert-OH is 2. The fraction of sp³-hybridized carbons (Fsp3) is 0.957. The van der Waals surface area contributed by atoms with E-state index in [-0.39, 0.29) is 17.9 Å². The van der Waals surface area contributed by atoms with E-state index in [1.807, 2.05) is 6.92 Å². The van der Waals surface area contributed by atoms with Gasteiger partial charge < -0.3 is 30.3 Å². The van der Waals surface area contributed by atoms with Gasteiger partial charge in [0.1, 0.15) is 6.10 Å². The summed E-state index contributed by atoms with van der Waals surface area (Å²) < 4.78 is 12.0. The van der Waals surface area contributed by atoms with Gasteiger partial charge in [0, 0.05) is 6.54 Å². The van der Waals surface area contributed by atoms with Gasteiger partial charge in [-0.05, 0) is 39.2 Å². The maximum absolute atomic E-state index is 12.8. The Labute approximate surface area is 182 Å². The zero-order valence-electron chi connectivity index (χ0n) is 19.3. The van der Waals surface area contributed by atoms with Crippen molar-refractivity contribution >= 4 is 5.91 Å². The molecule has 0 aromatic rings. The van der Waals surface area contributed by atoms with E-state index in [4.69, 9.17) is 9.47 Å². The largest absolute Gasteiger partial charge is 0.389 e. The summed E-state index contributed by atoms with van der Waals surface area (Å²) in [6.45, 7) is 6.62. The summed E-state index contributed by atoms with van der Waals surface area (Å²) in [6.07, 6.45) is 6.47. The molecule has 2 aliphatic heterocycles. The van der Waals surface area contributed by atoms with Crippen molar-refractivity contribution in [1.29, 1.82) is 0 Å². The van der Waals surface area contributed by atoms with Crippen molar-refractivity contribution in [2.24, 2.45) is 11.8 Å². The maximum atomic E-state index is 12.8. The van der Waals surface area contributed by atoms with Crippen molar-refractivity contribution in [2.75, 3.05) is 13.6 Å². The molecule has 7 heteroatoms. The lowest BCUT2D eigenvalue weighted by atomic mass is 9.92. The van der Waals surface area contributed by atoms with Crippen LogP contribution in [0.5, 0.6) is 0 Å². The number of hydrogen-bond acceptors (Lipinski definition) is 6. The third-order valence-corrected chi connectivity index (χ3v) is 6.97. The van der Waals surface area contributed by atoms with Crippen LogP contribution in [0.15, 0.2) is 0 Å². The molecular weight excluding hydrogens is 384 g/mol. The molecule has 0 spiro atoms. The van der Waals surface area contributed by atoms with Gasteiger partial charge in [-0.25, -0.2) is 0 Å². The summed E-state index contributed by atoms with van der Waals surface area (Å²) in [6, 6.07) is -0.534. The second-order valence-corrected chi connectivity index (χ2v) is 9.17. The summed E-state index contributed by atoms with van der Waals surface area (Å²) >= 11 is 0. The quantitative estimate of drug-likeness (QED) is 0.548. The number of carbonyl (C=O) groups is 1. The van der Waals surface area contributed by atoms with Gasteiger partial charge in [0.25, 0.3) is 0 Å². The van der Waals surface area contributed by atoms with E-state index < -0.39 is 30.6 Å². The number of carbonyl (C=O) groups excluding carboxylic acids is 1. The molecule has 1 amide bonds. The van der Waals surface area contributed by atoms with Crippen LogP contribution in [0.3, 0.4) is 0 Å². The Kier molecular flexibility index (Phi) is 11.0. The zero-order valence-corrected chi connectivity index (χ0v) is 19.3. The van der Waals surface area contributed by atoms with Gasteiger partial charge in [-0.2, -0.15) is 0 Å². The molecule has 0 bridgehead atoms. The maximum Gasteiger partial charge on any atom is 0.225 e. The zero-order chi connectivity index (χ0) is 22.1. The number of likely N-dealkylation sites (N-methyl/N-ethyl adjacent to an activating group) is 1. The van der Waals surface area contributed by atoms with Crippen LogP contribution in [-0.4, -0.2) is 66.5 Å². The summed E-state index contributed by atoms with van der Waals surface area (Å²) in [5, 5.41) is 26.9. The highest BCUT2D eigenvalue weighted by Gasteiger charge is 2.44. The van der Waals surface area contributed by atoms with Crippen LogP contribution in [-0.2, 0) is 14.3 Å². The van der Waals surface area contributed by atoms with Crippen LogP contribution in [0.2, 0.25) is 0 Å². The molecule has 0 aromatic heterocycles. The van der Waals surface area contributed by atoms with Gasteiger partial charge in [-0.15, -0.1) is 0 Å². The van der Waals surface area contributed by atoms with Crippen LogP contribution in [0.4, 0.5) is 0 Å². The second kappa shape index (κ2) is 13.0. The molecule has 0 aliphatic carbocycles. The number of aliphatic hydroxyl groups is 2. The fourth-order valence-electron chi connectivity index (χ4n) is 4.71. The smallest absolute Gasteiger partial charge is 0.225 e. The molecule has 176 valence electrons. The molecule has 7 nitrogen and oxygen atoms in total. The summed E-state index contributed by atoms with van der Waals surface area (Å²) in [5.74, 6) is 0.426. The Hall–Kier alpha value is -0.730. The average Bonchev–Trinajstić information content (AvgIpc) is 2.73. The molecule has 0 radical (unpaired) electrons. The number of hydrogen-bond donors (Lipinski definition) is 4. The van der Waals surface area contributed by atoms with Gasteiger partial charge in [0.05, 0.1) is 30.3 Å². The first-order valence-electron chi connectivity index (χ1n) is 12.0. The van der Waals surface area contributed by atoms with Gasteiger partial charge in [0.2, 0.25) is 5.91 Å². The van der Waals surface area contributed by atoms with Crippen molar-refractivity contribution in [3.8, 4) is 0 Å². The van der Waals surface area contributed by atoms with Crippen LogP contribution in [0.1, 0.15) is 78.6 Å². The first-order chi connectivity index (χ1) is 14.4. The van der Waals surface area contributed by atoms with Crippen LogP contribution < -0.4 is 10.6 Å². The Morgan fingerprint density at radius 1 is 1.07 bits per heavy atom. The highest BCUT2D eigenvalue weighted by molar-refractivity contribution is 5.78. The highest BCUT2D eigenvalue weighted by atomic mass is 16.7. The molecule has 4 N–H and O–H groups in total. The van der Waals surface area contributed by atoms with E-state index in [1.165, 1.54) is 32.1 Å². The standard InChI is InChI=1S/C23H44N2O5/c1-5-17-11-8-6-7-9-13-18(15(2)22(28)25-14-10-12-17)30-23-21(27)19(24-4)20(26)16(3)29-23/h15-21,23-24,26-27H,5-14H2,1-4H3,(H,25,28)/t15-,16+,17?,18+,19-,20-,21-,23+/m1/s1. The molecule has 8 atom stereocenters. The second-order valence-electron chi connectivity index (χ2n) is 9.17. The Bertz CT molecular complexity index is 506. The Morgan fingerprint density at radius 2 is 1.73 bits per heavy atom. The van der Waals surface area contributed by atoms with E-state index in [0.717, 1.165) is 31.6 Å². The van der Waals surface area contributed by atoms with Gasteiger partial charge >= 0.3 is 0 Å². The molecule has 30 heavy (non-hydrogen) atoms. The number of ether oxygens (including phenoxy) is 2. The van der Waals surface area contributed by atoms with Gasteiger partial charge in [-0.3, -0.25) is 4.79 Å². The topological polar surface area (TPSA) is 100 Å². The number of nitrogens with one attached hydrogen (secondary N) is 2. The monoisotopic (exact) mass is 428 g/mol. The molecule has 1 unspecified atom stereocenters. The SMILES string of the molecule is CCC1CCCCCC[C@H](O[C@@H]2O[C@@H](C)[C@@H](O)[C@@H](NC)[C@H]2O)[C@@H](C)C(=O)NCCC1. The van der Waals surface area contributed by atoms with Crippen LogP contribution in [0.25, 0.3) is 0 Å². The van der Waals surface area contributed by atoms with Gasteiger partial charge in [0.15, 0.2) is 6.29 Å². The minimum atomic E-state index is -1.00. The molecule has 0 aromatic carbocycles. The molecule has 2 aliphatic rings. The van der Waals surface area contributed by atoms with E-state index in [0.29, 0.717) is 6.54 Å². The Balaban J connectivity index is 2.02. The third-order valence-electron chi connectivity index (χ3n) is 6.97. The Morgan fingerprint density at radius 3 is 2.40 bits per heavy atom.